The van der Waals surface area contributed by atoms with Crippen LogP contribution in [-0.4, -0.2) is 11.1 Å². The van der Waals surface area contributed by atoms with Gasteiger partial charge in [0.1, 0.15) is 0 Å². The molecule has 1 N–H and O–H groups in total. The summed E-state index contributed by atoms with van der Waals surface area (Å²) in [6.45, 7) is 6.08. The first kappa shape index (κ1) is 14.3. The van der Waals surface area contributed by atoms with Gasteiger partial charge in [0, 0.05) is 0 Å². The third kappa shape index (κ3) is 3.27. The van der Waals surface area contributed by atoms with Gasteiger partial charge in [-0.3, -0.25) is 4.79 Å². The molecule has 104 valence electrons. The number of aliphatic carboxylic acids is 1. The normalized spacial score (nSPS) is 12.2. The number of benzene rings is 2. The lowest BCUT2D eigenvalue weighted by molar-refractivity contribution is -0.138. The Hall–Kier alpha value is -2.09. The Morgan fingerprint density at radius 3 is 2.20 bits per heavy atom. The molecule has 2 aromatic rings. The molecule has 20 heavy (non-hydrogen) atoms. The molecule has 0 aliphatic rings. The molecule has 0 bridgehead atoms. The summed E-state index contributed by atoms with van der Waals surface area (Å²) >= 11 is 0. The SMILES string of the molecule is Cc1ccc(CC(C(=O)O)c2ccc(C)c(C)c2)cc1. The Morgan fingerprint density at radius 1 is 1.00 bits per heavy atom. The van der Waals surface area contributed by atoms with Crippen LogP contribution in [0.25, 0.3) is 0 Å². The quantitative estimate of drug-likeness (QED) is 0.909. The van der Waals surface area contributed by atoms with E-state index in [-0.39, 0.29) is 0 Å². The maximum Gasteiger partial charge on any atom is 0.311 e. The third-order valence-electron chi connectivity index (χ3n) is 3.79. The number of hydrogen-bond acceptors (Lipinski definition) is 1. The van der Waals surface area contributed by atoms with Gasteiger partial charge in [-0.25, -0.2) is 0 Å². The lowest BCUT2D eigenvalue weighted by Gasteiger charge is -2.14. The van der Waals surface area contributed by atoms with Crippen molar-refractivity contribution in [2.24, 2.45) is 0 Å². The lowest BCUT2D eigenvalue weighted by atomic mass is 9.90. The van der Waals surface area contributed by atoms with Crippen LogP contribution in [0, 0.1) is 20.8 Å². The minimum Gasteiger partial charge on any atom is -0.481 e. The second-order valence-electron chi connectivity index (χ2n) is 5.42. The predicted octanol–water partition coefficient (Wildman–Crippen LogP) is 4.02. The van der Waals surface area contributed by atoms with Gasteiger partial charge in [0.15, 0.2) is 0 Å². The van der Waals surface area contributed by atoms with E-state index in [1.807, 2.05) is 63.2 Å². The molecule has 2 heteroatoms. The molecule has 0 saturated carbocycles. The van der Waals surface area contributed by atoms with Gasteiger partial charge in [-0.05, 0) is 49.4 Å². The second kappa shape index (κ2) is 5.91. The maximum absolute atomic E-state index is 11.6. The van der Waals surface area contributed by atoms with Crippen molar-refractivity contribution < 1.29 is 9.90 Å². The lowest BCUT2D eigenvalue weighted by Crippen LogP contribution is -2.14. The van der Waals surface area contributed by atoms with Gasteiger partial charge in [0.2, 0.25) is 0 Å². The minimum atomic E-state index is -0.770. The van der Waals surface area contributed by atoms with Gasteiger partial charge in [-0.1, -0.05) is 48.0 Å². The fraction of sp³-hybridized carbons (Fsp3) is 0.278. The van der Waals surface area contributed by atoms with Crippen molar-refractivity contribution in [3.63, 3.8) is 0 Å². The van der Waals surface area contributed by atoms with Crippen LogP contribution >= 0.6 is 0 Å². The number of rotatable bonds is 4. The molecule has 2 rings (SSSR count). The first-order valence-corrected chi connectivity index (χ1v) is 6.83. The summed E-state index contributed by atoms with van der Waals surface area (Å²) in [5.41, 5.74) is 5.44. The zero-order valence-corrected chi connectivity index (χ0v) is 12.2. The van der Waals surface area contributed by atoms with E-state index in [9.17, 15) is 9.90 Å². The van der Waals surface area contributed by atoms with Gasteiger partial charge in [0.25, 0.3) is 0 Å². The summed E-state index contributed by atoms with van der Waals surface area (Å²) in [5, 5.41) is 9.50. The van der Waals surface area contributed by atoms with Gasteiger partial charge >= 0.3 is 5.97 Å². The summed E-state index contributed by atoms with van der Waals surface area (Å²) < 4.78 is 0. The molecule has 0 saturated heterocycles. The molecule has 0 aliphatic heterocycles. The average molecular weight is 268 g/mol. The Kier molecular flexibility index (Phi) is 4.23. The smallest absolute Gasteiger partial charge is 0.311 e. The second-order valence-corrected chi connectivity index (χ2v) is 5.42. The number of carboxylic acids is 1. The van der Waals surface area contributed by atoms with Crippen molar-refractivity contribution in [1.29, 1.82) is 0 Å². The van der Waals surface area contributed by atoms with Crippen LogP contribution in [0.2, 0.25) is 0 Å². The van der Waals surface area contributed by atoms with Crippen molar-refractivity contribution >= 4 is 5.97 Å². The van der Waals surface area contributed by atoms with Crippen LogP contribution < -0.4 is 0 Å². The third-order valence-corrected chi connectivity index (χ3v) is 3.79. The van der Waals surface area contributed by atoms with Gasteiger partial charge in [-0.15, -0.1) is 0 Å². The Balaban J connectivity index is 2.29. The van der Waals surface area contributed by atoms with E-state index < -0.39 is 11.9 Å². The highest BCUT2D eigenvalue weighted by molar-refractivity contribution is 5.76. The van der Waals surface area contributed by atoms with Crippen molar-refractivity contribution in [1.82, 2.24) is 0 Å². The summed E-state index contributed by atoms with van der Waals surface area (Å²) in [5.74, 6) is -1.26. The molecule has 2 nitrogen and oxygen atoms in total. The Labute approximate surface area is 120 Å². The predicted molar refractivity (Wildman–Crippen MR) is 81.2 cm³/mol. The molecular formula is C18H20O2. The molecule has 1 atom stereocenters. The molecule has 0 spiro atoms. The zero-order valence-electron chi connectivity index (χ0n) is 12.2. The molecule has 0 aromatic heterocycles. The number of hydrogen-bond donors (Lipinski definition) is 1. The molecule has 2 aromatic carbocycles. The van der Waals surface area contributed by atoms with Crippen LogP contribution in [0.1, 0.15) is 33.7 Å². The standard InChI is InChI=1S/C18H20O2/c1-12-4-7-15(8-5-12)11-17(18(19)20)16-9-6-13(2)14(3)10-16/h4-10,17H,11H2,1-3H3,(H,19,20). The fourth-order valence-corrected chi connectivity index (χ4v) is 2.29. The maximum atomic E-state index is 11.6. The highest BCUT2D eigenvalue weighted by Crippen LogP contribution is 2.23. The van der Waals surface area contributed by atoms with Crippen LogP contribution in [0.5, 0.6) is 0 Å². The first-order valence-electron chi connectivity index (χ1n) is 6.83. The van der Waals surface area contributed by atoms with Crippen molar-refractivity contribution in [3.8, 4) is 0 Å². The van der Waals surface area contributed by atoms with Crippen molar-refractivity contribution in [3.05, 3.63) is 70.3 Å². The fourth-order valence-electron chi connectivity index (χ4n) is 2.29. The van der Waals surface area contributed by atoms with E-state index in [0.29, 0.717) is 6.42 Å². The van der Waals surface area contributed by atoms with Gasteiger partial charge < -0.3 is 5.11 Å². The Bertz CT molecular complexity index is 612. The summed E-state index contributed by atoms with van der Waals surface area (Å²) in [4.78, 5) is 11.6. The average Bonchev–Trinajstić information content (AvgIpc) is 2.41. The van der Waals surface area contributed by atoms with E-state index in [1.54, 1.807) is 0 Å². The number of carbonyl (C=O) groups is 1. The number of aryl methyl sites for hydroxylation is 3. The van der Waals surface area contributed by atoms with Crippen LogP contribution in [-0.2, 0) is 11.2 Å². The van der Waals surface area contributed by atoms with Crippen molar-refractivity contribution in [2.75, 3.05) is 0 Å². The van der Waals surface area contributed by atoms with Crippen LogP contribution in [0.15, 0.2) is 42.5 Å². The highest BCUT2D eigenvalue weighted by atomic mass is 16.4. The zero-order chi connectivity index (χ0) is 14.7. The van der Waals surface area contributed by atoms with Gasteiger partial charge in [-0.2, -0.15) is 0 Å². The highest BCUT2D eigenvalue weighted by Gasteiger charge is 2.20. The summed E-state index contributed by atoms with van der Waals surface area (Å²) in [6, 6.07) is 14.0. The van der Waals surface area contributed by atoms with E-state index >= 15 is 0 Å². The monoisotopic (exact) mass is 268 g/mol. The minimum absolute atomic E-state index is 0.489. The molecule has 0 heterocycles. The van der Waals surface area contributed by atoms with E-state index in [0.717, 1.165) is 16.7 Å². The summed E-state index contributed by atoms with van der Waals surface area (Å²) in [7, 11) is 0. The molecule has 0 fully saturated rings. The Morgan fingerprint density at radius 2 is 1.65 bits per heavy atom. The first-order chi connectivity index (χ1) is 9.47. The largest absolute Gasteiger partial charge is 0.481 e. The van der Waals surface area contributed by atoms with Crippen LogP contribution in [0.3, 0.4) is 0 Å². The molecule has 0 amide bonds. The molecule has 1 unspecified atom stereocenters. The summed E-state index contributed by atoms with van der Waals surface area (Å²) in [6.07, 6.45) is 0.526. The van der Waals surface area contributed by atoms with Gasteiger partial charge in [0.05, 0.1) is 5.92 Å². The van der Waals surface area contributed by atoms with E-state index in [4.69, 9.17) is 0 Å². The molecular weight excluding hydrogens is 248 g/mol. The molecule has 0 radical (unpaired) electrons. The topological polar surface area (TPSA) is 37.3 Å². The van der Waals surface area contributed by atoms with E-state index in [2.05, 4.69) is 0 Å². The number of carboxylic acid groups (broad SMARTS) is 1. The van der Waals surface area contributed by atoms with Crippen molar-refractivity contribution in [2.45, 2.75) is 33.1 Å². The molecule has 0 aliphatic carbocycles. The van der Waals surface area contributed by atoms with E-state index in [1.165, 1.54) is 11.1 Å². The van der Waals surface area contributed by atoms with Crippen LogP contribution in [0.4, 0.5) is 0 Å².